The predicted molar refractivity (Wildman–Crippen MR) is 212 cm³/mol. The van der Waals surface area contributed by atoms with E-state index in [1.807, 2.05) is 97.1 Å². The maximum Gasteiger partial charge on any atom is 0.322 e. The molecular weight excluding hydrogens is 645 g/mol. The smallest absolute Gasteiger partial charge is 0.322 e. The molecule has 0 unspecified atom stereocenters. The van der Waals surface area contributed by atoms with Gasteiger partial charge >= 0.3 is 5.97 Å². The van der Waals surface area contributed by atoms with Crippen LogP contribution < -0.4 is 0 Å². The predicted octanol–water partition coefficient (Wildman–Crippen LogP) is 9.72. The van der Waals surface area contributed by atoms with E-state index < -0.39 is 42.0 Å². The van der Waals surface area contributed by atoms with Gasteiger partial charge in [-0.2, -0.15) is 0 Å². The molecule has 0 fully saturated rings. The fourth-order valence-electron chi connectivity index (χ4n) is 7.69. The van der Waals surface area contributed by atoms with Gasteiger partial charge in [0.25, 0.3) is 0 Å². The van der Waals surface area contributed by atoms with Crippen molar-refractivity contribution >= 4 is 5.97 Å². The molecular formula is C47H60O5. The Morgan fingerprint density at radius 3 is 1.35 bits per heavy atom. The Labute approximate surface area is 312 Å². The van der Waals surface area contributed by atoms with Crippen LogP contribution in [0.1, 0.15) is 106 Å². The molecule has 0 amide bonds. The minimum absolute atomic E-state index is 0.346. The van der Waals surface area contributed by atoms with Gasteiger partial charge in [-0.25, -0.2) is 0 Å². The van der Waals surface area contributed by atoms with E-state index >= 15 is 4.79 Å². The molecule has 0 aromatic heterocycles. The van der Waals surface area contributed by atoms with Crippen LogP contribution >= 0.6 is 0 Å². The zero-order valence-electron chi connectivity index (χ0n) is 31.2. The molecule has 0 aliphatic rings. The van der Waals surface area contributed by atoms with Crippen molar-refractivity contribution in [1.29, 1.82) is 0 Å². The number of allylic oxidation sites excluding steroid dienone is 2. The van der Waals surface area contributed by atoms with Gasteiger partial charge in [-0.3, -0.25) is 4.79 Å². The highest BCUT2D eigenvalue weighted by Gasteiger charge is 2.61. The molecule has 5 nitrogen and oxygen atoms in total. The van der Waals surface area contributed by atoms with Crippen molar-refractivity contribution in [2.75, 3.05) is 26.4 Å². The maximum absolute atomic E-state index is 15.5. The molecule has 4 aromatic rings. The van der Waals surface area contributed by atoms with Gasteiger partial charge in [0.2, 0.25) is 0 Å². The quantitative estimate of drug-likeness (QED) is 0.0384. The average molecular weight is 705 g/mol. The molecule has 4 aromatic carbocycles. The lowest BCUT2D eigenvalue weighted by molar-refractivity contribution is -0.159. The van der Waals surface area contributed by atoms with Crippen molar-refractivity contribution < 1.29 is 24.9 Å². The molecule has 0 bridgehead atoms. The summed E-state index contributed by atoms with van der Waals surface area (Å²) in [6.45, 7) is 0.305. The fourth-order valence-corrected chi connectivity index (χ4v) is 7.69. The highest BCUT2D eigenvalue weighted by Crippen LogP contribution is 2.56. The first-order chi connectivity index (χ1) is 25.5. The summed E-state index contributed by atoms with van der Waals surface area (Å²) in [4.78, 5) is 15.5. The summed E-state index contributed by atoms with van der Waals surface area (Å²) < 4.78 is 6.29. The Morgan fingerprint density at radius 1 is 0.538 bits per heavy atom. The van der Waals surface area contributed by atoms with Crippen LogP contribution in [0.4, 0.5) is 0 Å². The zero-order valence-corrected chi connectivity index (χ0v) is 31.2. The number of carbonyl (C=O) groups is 1. The van der Waals surface area contributed by atoms with Gasteiger partial charge in [-0.15, -0.1) is 0 Å². The van der Waals surface area contributed by atoms with E-state index in [1.54, 1.807) is 0 Å². The monoisotopic (exact) mass is 704 g/mol. The van der Waals surface area contributed by atoms with Gasteiger partial charge in [-0.1, -0.05) is 185 Å². The summed E-state index contributed by atoms with van der Waals surface area (Å²) in [5, 5.41) is 30.6. The minimum atomic E-state index is -1.40. The number of aliphatic hydroxyl groups excluding tert-OH is 3. The van der Waals surface area contributed by atoms with Crippen molar-refractivity contribution in [3.8, 4) is 0 Å². The number of benzene rings is 4. The van der Waals surface area contributed by atoms with Gasteiger partial charge in [-0.05, 0) is 54.4 Å². The average Bonchev–Trinajstić information content (AvgIpc) is 3.21. The summed E-state index contributed by atoms with van der Waals surface area (Å²) >= 11 is 0. The molecule has 52 heavy (non-hydrogen) atoms. The van der Waals surface area contributed by atoms with Crippen molar-refractivity contribution in [3.63, 3.8) is 0 Å². The maximum atomic E-state index is 15.5. The Balaban J connectivity index is 1.80. The van der Waals surface area contributed by atoms with Gasteiger partial charge in [0, 0.05) is 5.41 Å². The number of aliphatic hydroxyl groups is 3. The van der Waals surface area contributed by atoms with Crippen molar-refractivity contribution in [2.45, 2.75) is 94.8 Å². The molecule has 278 valence electrons. The Bertz CT molecular complexity index is 1480. The van der Waals surface area contributed by atoms with Gasteiger partial charge in [0.05, 0.1) is 25.2 Å². The highest BCUT2D eigenvalue weighted by molar-refractivity contribution is 5.92. The van der Waals surface area contributed by atoms with Crippen molar-refractivity contribution in [3.05, 3.63) is 156 Å². The molecule has 0 saturated heterocycles. The summed E-state index contributed by atoms with van der Waals surface area (Å²) in [6, 6.07) is 40.3. The molecule has 0 saturated carbocycles. The second-order valence-corrected chi connectivity index (χ2v) is 14.3. The zero-order chi connectivity index (χ0) is 37.0. The van der Waals surface area contributed by atoms with Crippen LogP contribution in [-0.2, 0) is 20.4 Å². The van der Waals surface area contributed by atoms with Crippen LogP contribution in [0.2, 0.25) is 0 Å². The highest BCUT2D eigenvalue weighted by atomic mass is 16.5. The molecule has 0 radical (unpaired) electrons. The first-order valence-electron chi connectivity index (χ1n) is 19.4. The Kier molecular flexibility index (Phi) is 16.8. The van der Waals surface area contributed by atoms with Crippen LogP contribution in [0.5, 0.6) is 0 Å². The third-order valence-corrected chi connectivity index (χ3v) is 10.7. The molecule has 5 heteroatoms. The molecule has 3 N–H and O–H groups in total. The lowest BCUT2D eigenvalue weighted by atomic mass is 9.50. The summed E-state index contributed by atoms with van der Waals surface area (Å²) in [5.41, 5.74) is -0.201. The minimum Gasteiger partial charge on any atom is -0.464 e. The van der Waals surface area contributed by atoms with E-state index in [0.717, 1.165) is 54.4 Å². The number of esters is 1. The second-order valence-electron chi connectivity index (χ2n) is 14.3. The van der Waals surface area contributed by atoms with Crippen molar-refractivity contribution in [1.82, 2.24) is 0 Å². The van der Waals surface area contributed by atoms with Crippen LogP contribution in [0.15, 0.2) is 133 Å². The lowest BCUT2D eigenvalue weighted by Gasteiger charge is -2.51. The largest absolute Gasteiger partial charge is 0.464 e. The Morgan fingerprint density at radius 2 is 0.923 bits per heavy atom. The van der Waals surface area contributed by atoms with Crippen LogP contribution in [0.3, 0.4) is 0 Å². The SMILES string of the molecule is CCCCCCCC/C=C\CCCCCC(c1ccccc1)(c1ccccc1)C(C(=O)OCC(CO)(CO)CO)(c1ccccc1)c1ccccc1. The number of ether oxygens (including phenoxy) is 1. The van der Waals surface area contributed by atoms with Gasteiger partial charge < -0.3 is 20.1 Å². The van der Waals surface area contributed by atoms with Crippen LogP contribution in [-0.4, -0.2) is 47.7 Å². The van der Waals surface area contributed by atoms with E-state index in [2.05, 4.69) is 43.3 Å². The van der Waals surface area contributed by atoms with Crippen LogP contribution in [0, 0.1) is 5.41 Å². The molecule has 0 heterocycles. The summed E-state index contributed by atoms with van der Waals surface area (Å²) in [5.74, 6) is -0.505. The first-order valence-corrected chi connectivity index (χ1v) is 19.4. The van der Waals surface area contributed by atoms with Gasteiger partial charge in [0.1, 0.15) is 12.0 Å². The summed E-state index contributed by atoms with van der Waals surface area (Å²) in [7, 11) is 0. The number of hydrogen-bond acceptors (Lipinski definition) is 5. The van der Waals surface area contributed by atoms with E-state index in [0.29, 0.717) is 6.42 Å². The number of hydrogen-bond donors (Lipinski definition) is 3. The third kappa shape index (κ3) is 9.69. The van der Waals surface area contributed by atoms with E-state index in [4.69, 9.17) is 4.74 Å². The molecule has 0 spiro atoms. The normalized spacial score (nSPS) is 12.3. The molecule has 0 aliphatic carbocycles. The van der Waals surface area contributed by atoms with Crippen LogP contribution in [0.25, 0.3) is 0 Å². The second kappa shape index (κ2) is 21.5. The lowest BCUT2D eigenvalue weighted by Crippen LogP contribution is -2.57. The van der Waals surface area contributed by atoms with E-state index in [1.165, 1.54) is 38.5 Å². The molecule has 0 atom stereocenters. The summed E-state index contributed by atoms with van der Waals surface area (Å²) in [6.07, 6.45) is 18.2. The Hall–Kier alpha value is -4.03. The van der Waals surface area contributed by atoms with Gasteiger partial charge in [0.15, 0.2) is 0 Å². The fraction of sp³-hybridized carbons (Fsp3) is 0.426. The van der Waals surface area contributed by atoms with E-state index in [-0.39, 0.29) is 6.61 Å². The van der Waals surface area contributed by atoms with Crippen molar-refractivity contribution in [2.24, 2.45) is 5.41 Å². The molecule has 4 rings (SSSR count). The third-order valence-electron chi connectivity index (χ3n) is 10.7. The number of carbonyl (C=O) groups excluding carboxylic acids is 1. The molecule has 0 aliphatic heterocycles. The number of unbranched alkanes of at least 4 members (excludes halogenated alkanes) is 9. The van der Waals surface area contributed by atoms with E-state index in [9.17, 15) is 15.3 Å². The topological polar surface area (TPSA) is 87.0 Å². The number of rotatable bonds is 24. The first kappa shape index (κ1) is 40.7. The standard InChI is InChI=1S/C47H60O5/c1-2-3-4-5-6-7-8-9-10-11-12-13-26-35-46(40-27-18-14-19-28-40,41-29-20-15-21-30-41)47(42-31-22-16-23-32-42,43-33-24-17-25-34-43)44(51)52-39-45(36-48,37-49)38-50/h9-10,14-25,27-34,48-50H,2-8,11-13,26,35-39H2,1H3/b10-9-.